The van der Waals surface area contributed by atoms with Gasteiger partial charge in [0.2, 0.25) is 5.91 Å². The monoisotopic (exact) mass is 298 g/mol. The number of nitrogens with one attached hydrogen (secondary N) is 1. The maximum absolute atomic E-state index is 11.9. The number of carbonyl (C=O) groups excluding carboxylic acids is 1. The predicted octanol–water partition coefficient (Wildman–Crippen LogP) is 1.74. The SMILES string of the molecule is CCc1nn(C)c(CNCCC(=O)N2CCCC2)c1Cl. The highest BCUT2D eigenvalue weighted by atomic mass is 35.5. The van der Waals surface area contributed by atoms with Crippen molar-refractivity contribution in [2.75, 3.05) is 19.6 Å². The molecule has 112 valence electrons. The molecule has 0 radical (unpaired) electrons. The molecule has 6 heteroatoms. The number of hydrogen-bond acceptors (Lipinski definition) is 3. The normalized spacial score (nSPS) is 15.1. The predicted molar refractivity (Wildman–Crippen MR) is 79.7 cm³/mol. The minimum Gasteiger partial charge on any atom is -0.343 e. The van der Waals surface area contributed by atoms with E-state index in [1.54, 1.807) is 0 Å². The van der Waals surface area contributed by atoms with Gasteiger partial charge in [0.1, 0.15) is 0 Å². The lowest BCUT2D eigenvalue weighted by atomic mass is 10.3. The van der Waals surface area contributed by atoms with Crippen LogP contribution in [0.3, 0.4) is 0 Å². The number of halogens is 1. The molecule has 2 heterocycles. The van der Waals surface area contributed by atoms with Gasteiger partial charge in [-0.25, -0.2) is 0 Å². The fraction of sp³-hybridized carbons (Fsp3) is 0.714. The molecule has 0 spiro atoms. The van der Waals surface area contributed by atoms with Crippen LogP contribution in [-0.4, -0.2) is 40.2 Å². The van der Waals surface area contributed by atoms with Gasteiger partial charge in [0.25, 0.3) is 0 Å². The fourth-order valence-corrected chi connectivity index (χ4v) is 2.90. The molecule has 0 aromatic carbocycles. The number of likely N-dealkylation sites (tertiary alicyclic amines) is 1. The Labute approximate surface area is 125 Å². The molecule has 1 N–H and O–H groups in total. The Balaban J connectivity index is 1.75. The maximum Gasteiger partial charge on any atom is 0.223 e. The number of amides is 1. The zero-order valence-corrected chi connectivity index (χ0v) is 13.0. The molecule has 2 rings (SSSR count). The number of hydrogen-bond donors (Lipinski definition) is 1. The van der Waals surface area contributed by atoms with Crippen LogP contribution in [0.5, 0.6) is 0 Å². The second kappa shape index (κ2) is 7.09. The molecule has 5 nitrogen and oxygen atoms in total. The smallest absolute Gasteiger partial charge is 0.223 e. The summed E-state index contributed by atoms with van der Waals surface area (Å²) < 4.78 is 1.82. The summed E-state index contributed by atoms with van der Waals surface area (Å²) in [6.45, 7) is 5.21. The van der Waals surface area contributed by atoms with Gasteiger partial charge in [0.05, 0.1) is 16.4 Å². The lowest BCUT2D eigenvalue weighted by Gasteiger charge is -2.15. The summed E-state index contributed by atoms with van der Waals surface area (Å²) in [4.78, 5) is 13.8. The van der Waals surface area contributed by atoms with Crippen molar-refractivity contribution in [2.45, 2.75) is 39.2 Å². The van der Waals surface area contributed by atoms with E-state index in [2.05, 4.69) is 10.4 Å². The van der Waals surface area contributed by atoms with E-state index < -0.39 is 0 Å². The fourth-order valence-electron chi connectivity index (χ4n) is 2.54. The first-order valence-corrected chi connectivity index (χ1v) is 7.70. The average Bonchev–Trinajstić information content (AvgIpc) is 3.05. The highest BCUT2D eigenvalue weighted by molar-refractivity contribution is 6.31. The first-order valence-electron chi connectivity index (χ1n) is 7.32. The Morgan fingerprint density at radius 3 is 2.70 bits per heavy atom. The van der Waals surface area contributed by atoms with E-state index >= 15 is 0 Å². The summed E-state index contributed by atoms with van der Waals surface area (Å²) in [5, 5.41) is 8.40. The van der Waals surface area contributed by atoms with Crippen LogP contribution in [0.25, 0.3) is 0 Å². The first-order chi connectivity index (χ1) is 9.63. The number of rotatable bonds is 6. The number of carbonyl (C=O) groups is 1. The minimum atomic E-state index is 0.250. The molecular formula is C14H23ClN4O. The molecule has 1 aliphatic heterocycles. The number of aryl methyl sites for hydroxylation is 2. The van der Waals surface area contributed by atoms with Crippen LogP contribution in [0.2, 0.25) is 5.02 Å². The van der Waals surface area contributed by atoms with E-state index in [1.807, 2.05) is 23.6 Å². The molecule has 0 aliphatic carbocycles. The molecule has 0 atom stereocenters. The summed E-state index contributed by atoms with van der Waals surface area (Å²) in [5.74, 6) is 0.250. The molecule has 1 amide bonds. The Morgan fingerprint density at radius 1 is 1.40 bits per heavy atom. The van der Waals surface area contributed by atoms with Gasteiger partial charge >= 0.3 is 0 Å². The van der Waals surface area contributed by atoms with Gasteiger partial charge in [0.15, 0.2) is 0 Å². The molecule has 1 saturated heterocycles. The second-order valence-corrected chi connectivity index (χ2v) is 5.58. The van der Waals surface area contributed by atoms with Crippen molar-refractivity contribution in [2.24, 2.45) is 7.05 Å². The second-order valence-electron chi connectivity index (χ2n) is 5.20. The zero-order chi connectivity index (χ0) is 14.5. The van der Waals surface area contributed by atoms with Crippen molar-refractivity contribution in [1.82, 2.24) is 20.0 Å². The number of nitrogens with zero attached hydrogens (tertiary/aromatic N) is 3. The van der Waals surface area contributed by atoms with Gasteiger partial charge in [-0.05, 0) is 19.3 Å². The Morgan fingerprint density at radius 2 is 2.10 bits per heavy atom. The van der Waals surface area contributed by atoms with E-state index in [1.165, 1.54) is 0 Å². The maximum atomic E-state index is 11.9. The third kappa shape index (κ3) is 3.52. The van der Waals surface area contributed by atoms with Crippen LogP contribution >= 0.6 is 11.6 Å². The van der Waals surface area contributed by atoms with E-state index in [9.17, 15) is 4.79 Å². The summed E-state index contributed by atoms with van der Waals surface area (Å²) in [6, 6.07) is 0. The lowest BCUT2D eigenvalue weighted by Crippen LogP contribution is -2.30. The molecule has 0 bridgehead atoms. The molecule has 0 unspecified atom stereocenters. The Bertz CT molecular complexity index is 466. The highest BCUT2D eigenvalue weighted by Gasteiger charge is 2.17. The average molecular weight is 299 g/mol. The van der Waals surface area contributed by atoms with Crippen molar-refractivity contribution in [1.29, 1.82) is 0 Å². The van der Waals surface area contributed by atoms with Crippen molar-refractivity contribution in [3.63, 3.8) is 0 Å². The van der Waals surface area contributed by atoms with Crippen molar-refractivity contribution in [3.8, 4) is 0 Å². The number of aromatic nitrogens is 2. The quantitative estimate of drug-likeness (QED) is 0.814. The van der Waals surface area contributed by atoms with E-state index in [0.717, 1.165) is 48.8 Å². The van der Waals surface area contributed by atoms with Gasteiger partial charge < -0.3 is 10.2 Å². The van der Waals surface area contributed by atoms with Crippen LogP contribution < -0.4 is 5.32 Å². The molecule has 1 fully saturated rings. The van der Waals surface area contributed by atoms with E-state index in [4.69, 9.17) is 11.6 Å². The topological polar surface area (TPSA) is 50.2 Å². The van der Waals surface area contributed by atoms with Gasteiger partial charge in [-0.2, -0.15) is 5.10 Å². The van der Waals surface area contributed by atoms with Gasteiger partial charge in [-0.1, -0.05) is 18.5 Å². The first kappa shape index (κ1) is 15.3. The van der Waals surface area contributed by atoms with Crippen molar-refractivity contribution >= 4 is 17.5 Å². The van der Waals surface area contributed by atoms with E-state index in [0.29, 0.717) is 19.5 Å². The molecular weight excluding hydrogens is 276 g/mol. The Kier molecular flexibility index (Phi) is 5.43. The van der Waals surface area contributed by atoms with E-state index in [-0.39, 0.29) is 5.91 Å². The zero-order valence-electron chi connectivity index (χ0n) is 12.3. The van der Waals surface area contributed by atoms with Gasteiger partial charge in [-0.3, -0.25) is 9.48 Å². The van der Waals surface area contributed by atoms with Crippen molar-refractivity contribution < 1.29 is 4.79 Å². The summed E-state index contributed by atoms with van der Waals surface area (Å²) in [5.41, 5.74) is 1.91. The Hall–Kier alpha value is -1.07. The van der Waals surface area contributed by atoms with Gasteiger partial charge in [-0.15, -0.1) is 0 Å². The van der Waals surface area contributed by atoms with Gasteiger partial charge in [0, 0.05) is 39.6 Å². The summed E-state index contributed by atoms with van der Waals surface area (Å²) >= 11 is 6.28. The van der Waals surface area contributed by atoms with Crippen LogP contribution in [0.4, 0.5) is 0 Å². The van der Waals surface area contributed by atoms with Crippen LogP contribution in [0.1, 0.15) is 37.6 Å². The van der Waals surface area contributed by atoms with Crippen LogP contribution in [0, 0.1) is 0 Å². The summed E-state index contributed by atoms with van der Waals surface area (Å²) in [7, 11) is 1.90. The third-order valence-corrected chi connectivity index (χ3v) is 4.21. The molecule has 1 aromatic rings. The molecule has 1 aromatic heterocycles. The molecule has 0 saturated carbocycles. The molecule has 1 aliphatic rings. The third-order valence-electron chi connectivity index (χ3n) is 3.77. The molecule has 20 heavy (non-hydrogen) atoms. The highest BCUT2D eigenvalue weighted by Crippen LogP contribution is 2.20. The lowest BCUT2D eigenvalue weighted by molar-refractivity contribution is -0.130. The standard InChI is InChI=1S/C14H23ClN4O/c1-3-11-14(15)12(18(2)17-11)10-16-7-6-13(20)19-8-4-5-9-19/h16H,3-10H2,1-2H3. The van der Waals surface area contributed by atoms with Crippen molar-refractivity contribution in [3.05, 3.63) is 16.4 Å². The van der Waals surface area contributed by atoms with Crippen LogP contribution in [-0.2, 0) is 24.8 Å². The minimum absolute atomic E-state index is 0.250. The summed E-state index contributed by atoms with van der Waals surface area (Å²) in [6.07, 6.45) is 3.67. The largest absolute Gasteiger partial charge is 0.343 e. The van der Waals surface area contributed by atoms with Crippen LogP contribution in [0.15, 0.2) is 0 Å².